The number of allylic oxidation sites excluding steroid dienone is 4. The largest absolute Gasteiger partial charge is 0.462 e. The maximum atomic E-state index is 14.3. The molecule has 12 heterocycles. The Morgan fingerprint density at radius 1 is 0.465 bits per heavy atom. The summed E-state index contributed by atoms with van der Waals surface area (Å²) < 4.78 is 126. The highest BCUT2D eigenvalue weighted by Gasteiger charge is 2.63. The van der Waals surface area contributed by atoms with Crippen LogP contribution in [0.25, 0.3) is 0 Å². The number of ether oxygens (including phenoxy) is 20. The van der Waals surface area contributed by atoms with E-state index in [9.17, 15) is 40.2 Å². The van der Waals surface area contributed by atoms with Crippen LogP contribution < -0.4 is 0 Å². The minimum Gasteiger partial charge on any atom is -0.462 e. The standard InChI is InChI=1S/C48H72O14.C47H70O14.CHCl3/c1-11-25(2)43-28(5)17-18-47(62-43)23-34-20-33(61-47)16-15-27(4)42(26(3)13-12-14-32-24-55-45-40(49)29(6)19-35(46(51)58-34)48(32,45)52)59-39-22-37(54-10)44(31(8)57-39)60-38-21-36(53-9)41(50)30(7)56-38;1-24(2)41-27(5)16-17-46(61-41)22-33-19-32(60-46)15-14-26(4)42(25(3)12-11-13-31-23-54-44-39(48)28(6)18-34(45(50)57-33)47(31,44)51)58-38-21-36(53-10)43(30(8)56-38)59-37-20-35(52-9)40(49)29(7)55-37;2-1(3)4/h12-15,17-19,25-26,28,30-31,33-45,49-50,52H,11,16,20-24H2,1-10H3;11-14,16-18,24-25,27,29-30,32-44,48-49,51H,15,19-23H2,1-10H3;1H/b13-12+,27-15+,32-14+;12-11+,26-14+,31-13+;/t25-,26-,28-,30-,31-,33+,34-,35-,36-,37-,38-,39-,40+,41-,42-,43+,44-,45+,47+,48+;25-,27-,29-,30-,32+,33-,34-,35-,36-,37-,38-,39+,40-,41+,42-,43-,44+,46+,47+;/m00./s1. The Morgan fingerprint density at radius 3 is 1.20 bits per heavy atom. The summed E-state index contributed by atoms with van der Waals surface area (Å²) in [4.78, 5) is 28.6. The Bertz CT molecular complexity index is 3990. The van der Waals surface area contributed by atoms with Crippen LogP contribution in [-0.2, 0) is 104 Å². The minimum absolute atomic E-state index is 0.0313. The highest BCUT2D eigenvalue weighted by Crippen LogP contribution is 2.51. The summed E-state index contributed by atoms with van der Waals surface area (Å²) in [5.74, 6) is -5.18. The molecule has 0 saturated carbocycles. The Balaban J connectivity index is 0.000000221. The molecule has 0 unspecified atom stereocenters. The van der Waals surface area contributed by atoms with Crippen molar-refractivity contribution in [3.8, 4) is 0 Å². The number of rotatable bonds is 15. The van der Waals surface area contributed by atoms with E-state index in [4.69, 9.17) is 130 Å². The Hall–Kier alpha value is -3.75. The molecule has 0 radical (unpaired) electrons. The lowest BCUT2D eigenvalue weighted by Crippen LogP contribution is -2.58. The number of carbonyl (C=O) groups is 2. The Kier molecular flexibility index (Phi) is 35.4. The quantitative estimate of drug-likeness (QED) is 0.0504. The van der Waals surface area contributed by atoms with Crippen LogP contribution in [0.2, 0.25) is 0 Å². The van der Waals surface area contributed by atoms with Gasteiger partial charge in [-0.05, 0) is 126 Å². The van der Waals surface area contributed by atoms with E-state index in [0.29, 0.717) is 86.5 Å². The lowest BCUT2D eigenvalue weighted by atomic mass is 9.71. The molecule has 2 aliphatic carbocycles. The van der Waals surface area contributed by atoms with Gasteiger partial charge in [0.2, 0.25) is 0 Å². The first kappa shape index (κ1) is 102. The zero-order chi connectivity index (χ0) is 92.2. The van der Waals surface area contributed by atoms with E-state index >= 15 is 0 Å². The molecule has 31 heteroatoms. The number of fused-ring (bicyclic) bond motifs is 4. The van der Waals surface area contributed by atoms with Gasteiger partial charge in [-0.3, -0.25) is 9.59 Å². The van der Waals surface area contributed by atoms with Crippen molar-refractivity contribution in [2.45, 2.75) is 380 Å². The van der Waals surface area contributed by atoms with Gasteiger partial charge in [-0.1, -0.05) is 170 Å². The van der Waals surface area contributed by atoms with Crippen molar-refractivity contribution in [2.75, 3.05) is 41.7 Å². The van der Waals surface area contributed by atoms with Gasteiger partial charge in [0.05, 0.1) is 98.7 Å². The second kappa shape index (κ2) is 43.9. The van der Waals surface area contributed by atoms with Crippen LogP contribution in [0.5, 0.6) is 0 Å². The predicted octanol–water partition coefficient (Wildman–Crippen LogP) is 12.4. The summed E-state index contributed by atoms with van der Waals surface area (Å²) in [5, 5.41) is 68.4. The molecular weight excluding hydrogens is 1710 g/mol. The SMILES string of the molecule is CC[C@H](C)[C@H]1O[C@]2(C=C[C@@H]1C)C[C@@H]1C[C@@H](C/C=C(\C)[C@@H](O[C@H]3C[C@H](OC)[C@@H](O[C@H]4C[C@H](OC)[C@@H](O)[C@H](C)O4)[C@H](C)O3)[C@@H](C)/C=C/C=C3\CO[C@@H]4[C@H](O)C(C)=C[C@@H](C(=O)O1)[C@]34O)O2.CO[C@H]1C[C@H](O[C@H]2[C@H](C)O[C@@H](O[C@@H]3/C(C)=C/C[C@@H]4C[C@@H](C[C@]5(C=C[C@H](C)[C@@H](C(C)C)O5)O4)OC(=O)[C@@H]4C=C(C)[C@@H](O)[C@H]5OC/C(=C\C=C\[C@@H]3C)[C@]54O)C[C@@H]2OC)O[C@@H](C)[C@@H]1O.ClC(Cl)Cl. The topological polar surface area (TPSA) is 340 Å². The third kappa shape index (κ3) is 23.2. The monoisotopic (exact) mass is 1850 g/mol. The van der Waals surface area contributed by atoms with Gasteiger partial charge in [0.25, 0.3) is 0 Å². The smallest absolute Gasteiger partial charge is 0.316 e. The van der Waals surface area contributed by atoms with Gasteiger partial charge in [0.15, 0.2) is 41.0 Å². The fraction of sp³-hybridized carbons (Fsp3) is 0.771. The van der Waals surface area contributed by atoms with Crippen molar-refractivity contribution < 1.29 is 135 Å². The summed E-state index contributed by atoms with van der Waals surface area (Å²) in [7, 11) is 6.44. The second-order valence-electron chi connectivity index (χ2n) is 38.0. The van der Waals surface area contributed by atoms with Crippen LogP contribution in [0, 0.1) is 47.3 Å². The minimum atomic E-state index is -1.84. The highest BCUT2D eigenvalue weighted by molar-refractivity contribution is 6.63. The molecule has 4 bridgehead atoms. The molecule has 8 fully saturated rings. The van der Waals surface area contributed by atoms with Crippen LogP contribution in [0.1, 0.15) is 181 Å². The molecule has 127 heavy (non-hydrogen) atoms. The summed E-state index contributed by atoms with van der Waals surface area (Å²) in [6.07, 6.45) is 16.1. The number of esters is 2. The number of aliphatic hydroxyl groups is 6. The van der Waals surface area contributed by atoms with Crippen molar-refractivity contribution in [3.05, 3.63) is 119 Å². The molecule has 716 valence electrons. The van der Waals surface area contributed by atoms with E-state index in [-0.39, 0.29) is 85.3 Å². The van der Waals surface area contributed by atoms with E-state index in [2.05, 4.69) is 79.7 Å². The molecule has 14 aliphatic rings. The van der Waals surface area contributed by atoms with Gasteiger partial charge in [0.1, 0.15) is 84.1 Å². The van der Waals surface area contributed by atoms with Crippen molar-refractivity contribution >= 4 is 46.7 Å². The second-order valence-corrected chi connectivity index (χ2v) is 40.0. The molecule has 0 amide bonds. The molecule has 6 N–H and O–H groups in total. The molecule has 2 spiro atoms. The van der Waals surface area contributed by atoms with Crippen molar-refractivity contribution in [2.24, 2.45) is 47.3 Å². The molecule has 28 nitrogen and oxygen atoms in total. The normalized spacial score (nSPS) is 48.0. The first-order valence-corrected chi connectivity index (χ1v) is 47.1. The van der Waals surface area contributed by atoms with E-state index < -0.39 is 186 Å². The van der Waals surface area contributed by atoms with Gasteiger partial charge in [-0.25, -0.2) is 0 Å². The van der Waals surface area contributed by atoms with Crippen molar-refractivity contribution in [3.63, 3.8) is 0 Å². The predicted molar refractivity (Wildman–Crippen MR) is 471 cm³/mol. The Morgan fingerprint density at radius 2 is 0.827 bits per heavy atom. The first-order valence-electron chi connectivity index (χ1n) is 45.8. The van der Waals surface area contributed by atoms with Crippen LogP contribution >= 0.6 is 34.8 Å². The Labute approximate surface area is 765 Å². The third-order valence-electron chi connectivity index (χ3n) is 28.5. The van der Waals surface area contributed by atoms with Crippen LogP contribution in [-0.4, -0.2) is 283 Å². The number of alkyl halides is 3. The van der Waals surface area contributed by atoms with Gasteiger partial charge in [-0.2, -0.15) is 0 Å². The van der Waals surface area contributed by atoms with Crippen LogP contribution in [0.3, 0.4) is 0 Å². The summed E-state index contributed by atoms with van der Waals surface area (Å²) >= 11 is 14.4. The van der Waals surface area contributed by atoms with Crippen molar-refractivity contribution in [1.29, 1.82) is 0 Å². The number of halogens is 3. The molecule has 14 rings (SSSR count). The van der Waals surface area contributed by atoms with E-state index in [0.717, 1.165) is 17.6 Å². The number of aliphatic hydroxyl groups excluding tert-OH is 4. The van der Waals surface area contributed by atoms with Crippen LogP contribution in [0.4, 0.5) is 0 Å². The molecular formula is C96H143Cl3O28. The molecule has 8 saturated heterocycles. The summed E-state index contributed by atoms with van der Waals surface area (Å²) in [5.41, 5.74) is 0.263. The van der Waals surface area contributed by atoms with Crippen molar-refractivity contribution in [1.82, 2.24) is 0 Å². The van der Waals surface area contributed by atoms with E-state index in [1.807, 2.05) is 64.2 Å². The first-order chi connectivity index (χ1) is 60.2. The number of hydrogen-bond donors (Lipinski definition) is 6. The van der Waals surface area contributed by atoms with Gasteiger partial charge >= 0.3 is 11.9 Å². The summed E-state index contributed by atoms with van der Waals surface area (Å²) in [6.45, 7) is 32.1. The maximum absolute atomic E-state index is 14.3. The fourth-order valence-electron chi connectivity index (χ4n) is 21.0. The number of methoxy groups -OCH3 is 4. The third-order valence-corrected chi connectivity index (χ3v) is 28.5. The van der Waals surface area contributed by atoms with E-state index in [1.165, 1.54) is 0 Å². The zero-order valence-corrected chi connectivity index (χ0v) is 79.7. The molecule has 39 atom stereocenters. The summed E-state index contributed by atoms with van der Waals surface area (Å²) in [6, 6.07) is 0. The molecule has 12 aliphatic heterocycles. The molecule has 0 aromatic heterocycles. The molecule has 0 aromatic carbocycles. The lowest BCUT2D eigenvalue weighted by molar-refractivity contribution is -0.318. The fourth-order valence-corrected chi connectivity index (χ4v) is 21.0. The van der Waals surface area contributed by atoms with E-state index in [1.54, 1.807) is 80.4 Å². The van der Waals surface area contributed by atoms with Gasteiger partial charge < -0.3 is 125 Å². The number of hydrogen-bond acceptors (Lipinski definition) is 28. The van der Waals surface area contributed by atoms with Gasteiger partial charge in [-0.15, -0.1) is 0 Å². The lowest BCUT2D eigenvalue weighted by Gasteiger charge is -2.48. The average Bonchev–Trinajstić information content (AvgIpc) is 1.61. The maximum Gasteiger partial charge on any atom is 0.316 e. The average molecular weight is 1850 g/mol. The number of carbonyl (C=O) groups excluding carboxylic acids is 2. The van der Waals surface area contributed by atoms with Gasteiger partial charge in [0, 0.05) is 103 Å². The highest BCUT2D eigenvalue weighted by atomic mass is 35.6. The zero-order valence-electron chi connectivity index (χ0n) is 77.4. The molecule has 0 aromatic rings. The van der Waals surface area contributed by atoms with Crippen LogP contribution in [0.15, 0.2) is 119 Å².